The molecule has 0 aromatic heterocycles. The summed E-state index contributed by atoms with van der Waals surface area (Å²) in [6.07, 6.45) is 0. The molecule has 19 heavy (non-hydrogen) atoms. The second kappa shape index (κ2) is 5.52. The zero-order valence-electron chi connectivity index (χ0n) is 10.4. The summed E-state index contributed by atoms with van der Waals surface area (Å²) in [6, 6.07) is 11.0. The zero-order chi connectivity index (χ0) is 13.8. The second-order valence-corrected chi connectivity index (χ2v) is 4.22. The van der Waals surface area contributed by atoms with E-state index in [2.05, 4.69) is 0 Å². The highest BCUT2D eigenvalue weighted by atomic mass is 19.1. The third kappa shape index (κ3) is 3.31. The monoisotopic (exact) mass is 260 g/mol. The van der Waals surface area contributed by atoms with Gasteiger partial charge in [-0.05, 0) is 36.8 Å². The van der Waals surface area contributed by atoms with E-state index in [-0.39, 0.29) is 18.0 Å². The Morgan fingerprint density at radius 3 is 2.74 bits per heavy atom. The van der Waals surface area contributed by atoms with Crippen molar-refractivity contribution in [3.8, 4) is 5.75 Å². The minimum absolute atomic E-state index is 0.0647. The van der Waals surface area contributed by atoms with Crippen molar-refractivity contribution in [2.45, 2.75) is 13.5 Å². The molecule has 0 aliphatic heterocycles. The van der Waals surface area contributed by atoms with Crippen LogP contribution in [-0.4, -0.2) is 11.1 Å². The van der Waals surface area contributed by atoms with Gasteiger partial charge >= 0.3 is 5.97 Å². The van der Waals surface area contributed by atoms with Crippen LogP contribution < -0.4 is 4.74 Å². The minimum Gasteiger partial charge on any atom is -0.489 e. The van der Waals surface area contributed by atoms with E-state index in [0.29, 0.717) is 11.3 Å². The fraction of sp³-hybridized carbons (Fsp3) is 0.133. The first-order valence-corrected chi connectivity index (χ1v) is 5.77. The number of aryl methyl sites for hydroxylation is 1. The standard InChI is InChI=1S/C15H13FO3/c1-10-5-6-12(14(16)7-10)9-19-13-4-2-3-11(8-13)15(17)18/h2-8H,9H2,1H3,(H,17,18). The van der Waals surface area contributed by atoms with Gasteiger partial charge in [0.1, 0.15) is 18.2 Å². The van der Waals surface area contributed by atoms with E-state index in [1.54, 1.807) is 24.3 Å². The number of halogens is 1. The molecule has 0 amide bonds. The van der Waals surface area contributed by atoms with Crippen LogP contribution in [0.15, 0.2) is 42.5 Å². The molecule has 0 heterocycles. The number of carbonyl (C=O) groups is 1. The second-order valence-electron chi connectivity index (χ2n) is 4.22. The molecule has 0 spiro atoms. The topological polar surface area (TPSA) is 46.5 Å². The van der Waals surface area contributed by atoms with Gasteiger partial charge in [0.15, 0.2) is 0 Å². The van der Waals surface area contributed by atoms with Crippen LogP contribution in [-0.2, 0) is 6.61 Å². The molecule has 0 saturated carbocycles. The van der Waals surface area contributed by atoms with E-state index in [4.69, 9.17) is 9.84 Å². The van der Waals surface area contributed by atoms with E-state index in [9.17, 15) is 9.18 Å². The lowest BCUT2D eigenvalue weighted by Crippen LogP contribution is -2.01. The van der Waals surface area contributed by atoms with Crippen LogP contribution >= 0.6 is 0 Å². The molecule has 0 aliphatic carbocycles. The highest BCUT2D eigenvalue weighted by Gasteiger charge is 2.06. The molecular formula is C15H13FO3. The van der Waals surface area contributed by atoms with Crippen molar-refractivity contribution >= 4 is 5.97 Å². The number of carboxylic acids is 1. The summed E-state index contributed by atoms with van der Waals surface area (Å²) in [5.74, 6) is -0.943. The maximum absolute atomic E-state index is 13.6. The lowest BCUT2D eigenvalue weighted by atomic mass is 10.1. The van der Waals surface area contributed by atoms with Gasteiger partial charge in [-0.2, -0.15) is 0 Å². The van der Waals surface area contributed by atoms with E-state index in [1.807, 2.05) is 6.92 Å². The average molecular weight is 260 g/mol. The van der Waals surface area contributed by atoms with Crippen LogP contribution in [0.5, 0.6) is 5.75 Å². The Morgan fingerprint density at radius 2 is 2.05 bits per heavy atom. The van der Waals surface area contributed by atoms with Crippen molar-refractivity contribution in [1.82, 2.24) is 0 Å². The summed E-state index contributed by atoms with van der Waals surface area (Å²) in [4.78, 5) is 10.8. The molecular weight excluding hydrogens is 247 g/mol. The first-order chi connectivity index (χ1) is 9.06. The molecule has 4 heteroatoms. The maximum Gasteiger partial charge on any atom is 0.335 e. The van der Waals surface area contributed by atoms with Crippen LogP contribution in [0.4, 0.5) is 4.39 Å². The number of aromatic carboxylic acids is 1. The lowest BCUT2D eigenvalue weighted by molar-refractivity contribution is 0.0696. The molecule has 0 bridgehead atoms. The largest absolute Gasteiger partial charge is 0.489 e. The summed E-state index contributed by atoms with van der Waals surface area (Å²) in [5, 5.41) is 8.85. The molecule has 2 aromatic rings. The van der Waals surface area contributed by atoms with Crippen LogP contribution in [0, 0.1) is 12.7 Å². The summed E-state index contributed by atoms with van der Waals surface area (Å²) in [7, 11) is 0. The van der Waals surface area contributed by atoms with Gasteiger partial charge in [-0.15, -0.1) is 0 Å². The molecule has 98 valence electrons. The van der Waals surface area contributed by atoms with Crippen molar-refractivity contribution in [3.05, 3.63) is 65.0 Å². The van der Waals surface area contributed by atoms with Gasteiger partial charge in [0.05, 0.1) is 5.56 Å². The van der Waals surface area contributed by atoms with Crippen molar-refractivity contribution in [2.24, 2.45) is 0 Å². The van der Waals surface area contributed by atoms with E-state index in [0.717, 1.165) is 5.56 Å². The van der Waals surface area contributed by atoms with Gasteiger partial charge in [-0.3, -0.25) is 0 Å². The third-order valence-corrected chi connectivity index (χ3v) is 2.68. The molecule has 1 N–H and O–H groups in total. The first-order valence-electron chi connectivity index (χ1n) is 5.77. The third-order valence-electron chi connectivity index (χ3n) is 2.68. The quantitative estimate of drug-likeness (QED) is 0.916. The van der Waals surface area contributed by atoms with Gasteiger partial charge in [-0.25, -0.2) is 9.18 Å². The lowest BCUT2D eigenvalue weighted by Gasteiger charge is -2.08. The smallest absolute Gasteiger partial charge is 0.335 e. The van der Waals surface area contributed by atoms with E-state index < -0.39 is 5.97 Å². The van der Waals surface area contributed by atoms with Gasteiger partial charge < -0.3 is 9.84 Å². The fourth-order valence-corrected chi connectivity index (χ4v) is 1.65. The minimum atomic E-state index is -1.02. The Hall–Kier alpha value is -2.36. The molecule has 0 aliphatic rings. The Morgan fingerprint density at radius 1 is 1.26 bits per heavy atom. The molecule has 2 rings (SSSR count). The van der Waals surface area contributed by atoms with Crippen LogP contribution in [0.25, 0.3) is 0 Å². The van der Waals surface area contributed by atoms with Gasteiger partial charge in [0.25, 0.3) is 0 Å². The highest BCUT2D eigenvalue weighted by Crippen LogP contribution is 2.17. The SMILES string of the molecule is Cc1ccc(COc2cccc(C(=O)O)c2)c(F)c1. The van der Waals surface area contributed by atoms with E-state index >= 15 is 0 Å². The van der Waals surface area contributed by atoms with Crippen molar-refractivity contribution in [1.29, 1.82) is 0 Å². The maximum atomic E-state index is 13.6. The molecule has 0 saturated heterocycles. The summed E-state index contributed by atoms with van der Waals surface area (Å²) in [6.45, 7) is 1.87. The summed E-state index contributed by atoms with van der Waals surface area (Å²) >= 11 is 0. The molecule has 0 radical (unpaired) electrons. The number of carboxylic acid groups (broad SMARTS) is 1. The number of ether oxygens (including phenoxy) is 1. The molecule has 0 fully saturated rings. The van der Waals surface area contributed by atoms with Crippen LogP contribution in [0.3, 0.4) is 0 Å². The zero-order valence-corrected chi connectivity index (χ0v) is 10.4. The number of hydrogen-bond acceptors (Lipinski definition) is 2. The van der Waals surface area contributed by atoms with Gasteiger partial charge in [-0.1, -0.05) is 18.2 Å². The van der Waals surface area contributed by atoms with Crippen LogP contribution in [0.1, 0.15) is 21.5 Å². The first kappa shape index (κ1) is 13.1. The van der Waals surface area contributed by atoms with Crippen molar-refractivity contribution < 1.29 is 19.0 Å². The number of hydrogen-bond donors (Lipinski definition) is 1. The predicted molar refractivity (Wildman–Crippen MR) is 68.9 cm³/mol. The molecule has 0 unspecified atom stereocenters. The van der Waals surface area contributed by atoms with Crippen LogP contribution in [0.2, 0.25) is 0 Å². The average Bonchev–Trinajstić information content (AvgIpc) is 2.38. The van der Waals surface area contributed by atoms with E-state index in [1.165, 1.54) is 18.2 Å². The Bertz CT molecular complexity index is 608. The summed E-state index contributed by atoms with van der Waals surface area (Å²) in [5.41, 5.74) is 1.42. The Labute approximate surface area is 110 Å². The summed E-state index contributed by atoms with van der Waals surface area (Å²) < 4.78 is 19.0. The van der Waals surface area contributed by atoms with Crippen molar-refractivity contribution in [2.75, 3.05) is 0 Å². The molecule has 2 aromatic carbocycles. The number of benzene rings is 2. The molecule has 0 atom stereocenters. The Kier molecular flexibility index (Phi) is 3.80. The van der Waals surface area contributed by atoms with Gasteiger partial charge in [0.2, 0.25) is 0 Å². The fourth-order valence-electron chi connectivity index (χ4n) is 1.65. The number of rotatable bonds is 4. The van der Waals surface area contributed by atoms with Crippen molar-refractivity contribution in [3.63, 3.8) is 0 Å². The molecule has 3 nitrogen and oxygen atoms in total. The predicted octanol–water partition coefficient (Wildman–Crippen LogP) is 3.41. The highest BCUT2D eigenvalue weighted by molar-refractivity contribution is 5.87. The van der Waals surface area contributed by atoms with Gasteiger partial charge in [0, 0.05) is 5.56 Å². The normalized spacial score (nSPS) is 10.2. The Balaban J connectivity index is 2.10.